The highest BCUT2D eigenvalue weighted by Gasteiger charge is 2.41. The molecule has 0 amide bonds. The predicted octanol–water partition coefficient (Wildman–Crippen LogP) is 9.90. The highest BCUT2D eigenvalue weighted by Crippen LogP contribution is 2.38. The van der Waals surface area contributed by atoms with Crippen LogP contribution in [0.25, 0.3) is 72.6 Å². The van der Waals surface area contributed by atoms with Gasteiger partial charge in [-0.2, -0.15) is 9.97 Å². The maximum absolute atomic E-state index is 5.16. The van der Waals surface area contributed by atoms with Crippen LogP contribution in [-0.4, -0.2) is 32.6 Å². The molecule has 0 saturated carbocycles. The first-order chi connectivity index (χ1) is 29.8. The molecule has 0 N–H and O–H groups in total. The van der Waals surface area contributed by atoms with Crippen LogP contribution < -0.4 is 20.7 Å². The molecule has 0 spiro atoms. The Balaban J connectivity index is 1.11. The molecule has 6 heteroatoms. The first-order valence-electron chi connectivity index (χ1n) is 20.2. The minimum Gasteiger partial charge on any atom is -0.278 e. The molecule has 60 heavy (non-hydrogen) atoms. The van der Waals surface area contributed by atoms with Crippen molar-refractivity contribution in [1.29, 1.82) is 0 Å². The molecule has 3 aromatic heterocycles. The van der Waals surface area contributed by atoms with E-state index in [0.29, 0.717) is 17.6 Å². The van der Waals surface area contributed by atoms with Crippen molar-refractivity contribution in [3.05, 3.63) is 225 Å². The van der Waals surface area contributed by atoms with Crippen LogP contribution in [0.15, 0.2) is 225 Å². The number of aromatic nitrogens is 5. The van der Waals surface area contributed by atoms with Gasteiger partial charge in [0.15, 0.2) is 19.7 Å². The number of pyridine rings is 1. The fraction of sp³-hybridized carbons (Fsp3) is 0. The Morgan fingerprint density at radius 3 is 1.40 bits per heavy atom. The Morgan fingerprint density at radius 2 is 0.850 bits per heavy atom. The van der Waals surface area contributed by atoms with Gasteiger partial charge in [0.2, 0.25) is 5.95 Å². The molecule has 3 heterocycles. The lowest BCUT2D eigenvalue weighted by atomic mass is 10.0. The molecule has 0 saturated heterocycles. The molecule has 11 aromatic rings. The zero-order chi connectivity index (χ0) is 39.9. The van der Waals surface area contributed by atoms with E-state index >= 15 is 0 Å². The van der Waals surface area contributed by atoms with Crippen molar-refractivity contribution in [3.63, 3.8) is 0 Å². The molecule has 5 nitrogen and oxygen atoms in total. The van der Waals surface area contributed by atoms with Gasteiger partial charge in [-0.1, -0.05) is 194 Å². The van der Waals surface area contributed by atoms with Crippen molar-refractivity contribution in [1.82, 2.24) is 24.5 Å². The molecule has 0 atom stereocenters. The largest absolute Gasteiger partial charge is 0.278 e. The summed E-state index contributed by atoms with van der Waals surface area (Å²) in [6, 6.07) is 77.9. The van der Waals surface area contributed by atoms with Gasteiger partial charge in [-0.25, -0.2) is 4.98 Å². The Hall–Kier alpha value is -7.80. The summed E-state index contributed by atoms with van der Waals surface area (Å²) in [4.78, 5) is 20.3. The summed E-state index contributed by atoms with van der Waals surface area (Å²) in [5.41, 5.74) is 7.04. The van der Waals surface area contributed by atoms with E-state index in [1.54, 1.807) is 0 Å². The van der Waals surface area contributed by atoms with Gasteiger partial charge in [-0.15, -0.1) is 0 Å². The van der Waals surface area contributed by atoms with Crippen LogP contribution in [0.2, 0.25) is 0 Å². The summed E-state index contributed by atoms with van der Waals surface area (Å²) in [6.07, 6.45) is 1.87. The smallest absolute Gasteiger partial charge is 0.238 e. The lowest BCUT2D eigenvalue weighted by molar-refractivity contribution is 0.953. The third-order valence-corrected chi connectivity index (χ3v) is 16.5. The van der Waals surface area contributed by atoms with Gasteiger partial charge in [-0.05, 0) is 56.1 Å². The fourth-order valence-corrected chi connectivity index (χ4v) is 13.7. The molecule has 0 unspecified atom stereocenters. The van der Waals surface area contributed by atoms with Gasteiger partial charge in [-0.3, -0.25) is 9.55 Å². The average Bonchev–Trinajstić information content (AvgIpc) is 3.68. The van der Waals surface area contributed by atoms with Gasteiger partial charge in [0.1, 0.15) is 0 Å². The quantitative estimate of drug-likeness (QED) is 0.114. The molecule has 0 aliphatic carbocycles. The number of nitrogens with zero attached hydrogens (tertiary/aromatic N) is 5. The van der Waals surface area contributed by atoms with Crippen LogP contribution in [0.4, 0.5) is 0 Å². The zero-order valence-electron chi connectivity index (χ0n) is 32.6. The predicted molar refractivity (Wildman–Crippen MR) is 249 cm³/mol. The Labute approximate surface area is 349 Å². The van der Waals surface area contributed by atoms with E-state index in [9.17, 15) is 0 Å². The average molecular weight is 784 g/mol. The van der Waals surface area contributed by atoms with Crippen LogP contribution in [0, 0.1) is 0 Å². The molecule has 282 valence electrons. The first kappa shape index (κ1) is 35.4. The summed E-state index contributed by atoms with van der Waals surface area (Å²) in [7, 11) is -2.66. The summed E-state index contributed by atoms with van der Waals surface area (Å²) in [6.45, 7) is 0. The van der Waals surface area contributed by atoms with Crippen LogP contribution in [0.5, 0.6) is 0 Å². The number of hydrogen-bond donors (Lipinski definition) is 0. The van der Waals surface area contributed by atoms with E-state index in [1.165, 1.54) is 20.7 Å². The Bertz CT molecular complexity index is 3130. The summed E-state index contributed by atoms with van der Waals surface area (Å²) >= 11 is 0. The van der Waals surface area contributed by atoms with Crippen molar-refractivity contribution < 1.29 is 0 Å². The molecule has 0 radical (unpaired) electrons. The van der Waals surface area contributed by atoms with Crippen molar-refractivity contribution >= 4 is 61.5 Å². The van der Waals surface area contributed by atoms with Crippen LogP contribution in [-0.2, 0) is 0 Å². The fourth-order valence-electron chi connectivity index (χ4n) is 8.92. The van der Waals surface area contributed by atoms with Gasteiger partial charge < -0.3 is 0 Å². The molecule has 8 aromatic carbocycles. The van der Waals surface area contributed by atoms with E-state index in [2.05, 4.69) is 156 Å². The summed E-state index contributed by atoms with van der Waals surface area (Å²) < 4.78 is 2.17. The molecule has 0 aliphatic heterocycles. The number of benzene rings is 8. The van der Waals surface area contributed by atoms with Gasteiger partial charge in [0, 0.05) is 33.5 Å². The van der Waals surface area contributed by atoms with Gasteiger partial charge in [0.25, 0.3) is 0 Å². The monoisotopic (exact) mass is 783 g/mol. The molecule has 0 fully saturated rings. The van der Waals surface area contributed by atoms with Crippen LogP contribution in [0.1, 0.15) is 0 Å². The SMILES string of the molecule is c1ccc(-c2nc(-c3ccccc3)nc(-n3c4ccc(-c5ccc([Si](c6ccccc6)(c6ccccc6)c6ccccc6)cc5)cc4c4c5ncccc5ccc43)n2)cc1. The van der Waals surface area contributed by atoms with Crippen molar-refractivity contribution in [3.8, 4) is 39.9 Å². The summed E-state index contributed by atoms with van der Waals surface area (Å²) in [5.74, 6) is 1.79. The third-order valence-electron chi connectivity index (χ3n) is 11.7. The van der Waals surface area contributed by atoms with Gasteiger partial charge >= 0.3 is 0 Å². The second-order valence-electron chi connectivity index (χ2n) is 15.0. The molecule has 11 rings (SSSR count). The Morgan fingerprint density at radius 1 is 0.367 bits per heavy atom. The van der Waals surface area contributed by atoms with E-state index < -0.39 is 8.07 Å². The standard InChI is InChI=1S/C54H37N5Si/c1-6-17-40(18-7-1)52-56-53(41-19-8-2-9-20-41)58-54(57-52)59-48-34-31-42(37-47(48)50-49(59)35-30-39-21-16-36-55-51(39)50)38-28-32-46(33-29-38)60(43-22-10-3-11-23-43,44-24-12-4-13-25-44)45-26-14-5-15-27-45/h1-37H. The van der Waals surface area contributed by atoms with E-state index in [0.717, 1.165) is 55.0 Å². The Kier molecular flexibility index (Phi) is 8.75. The first-order valence-corrected chi connectivity index (χ1v) is 22.2. The number of hydrogen-bond acceptors (Lipinski definition) is 4. The lowest BCUT2D eigenvalue weighted by Crippen LogP contribution is -2.74. The molecule has 0 aliphatic rings. The van der Waals surface area contributed by atoms with Crippen molar-refractivity contribution in [2.24, 2.45) is 0 Å². The third kappa shape index (κ3) is 5.92. The number of fused-ring (bicyclic) bond motifs is 5. The highest BCUT2D eigenvalue weighted by atomic mass is 28.3. The van der Waals surface area contributed by atoms with E-state index in [4.69, 9.17) is 19.9 Å². The van der Waals surface area contributed by atoms with Crippen molar-refractivity contribution in [2.45, 2.75) is 0 Å². The normalized spacial score (nSPS) is 11.7. The molecular formula is C54H37N5Si. The van der Waals surface area contributed by atoms with Crippen molar-refractivity contribution in [2.75, 3.05) is 0 Å². The van der Waals surface area contributed by atoms with E-state index in [-0.39, 0.29) is 0 Å². The van der Waals surface area contributed by atoms with Crippen LogP contribution in [0.3, 0.4) is 0 Å². The highest BCUT2D eigenvalue weighted by molar-refractivity contribution is 7.19. The topological polar surface area (TPSA) is 56.5 Å². The second kappa shape index (κ2) is 14.9. The number of rotatable bonds is 8. The van der Waals surface area contributed by atoms with Crippen LogP contribution >= 0.6 is 0 Å². The lowest BCUT2D eigenvalue weighted by Gasteiger charge is -2.34. The van der Waals surface area contributed by atoms with Gasteiger partial charge in [0.05, 0.1) is 16.6 Å². The molecular weight excluding hydrogens is 747 g/mol. The minimum absolute atomic E-state index is 0.555. The minimum atomic E-state index is -2.66. The summed E-state index contributed by atoms with van der Waals surface area (Å²) in [5, 5.41) is 8.62. The molecule has 0 bridgehead atoms. The zero-order valence-corrected chi connectivity index (χ0v) is 33.6. The maximum Gasteiger partial charge on any atom is 0.238 e. The second-order valence-corrected chi connectivity index (χ2v) is 18.9. The maximum atomic E-state index is 5.16. The van der Waals surface area contributed by atoms with E-state index in [1.807, 2.05) is 72.9 Å².